The predicted molar refractivity (Wildman–Crippen MR) is 89.2 cm³/mol. The molecule has 0 bridgehead atoms. The minimum atomic E-state index is -4.01. The van der Waals surface area contributed by atoms with E-state index in [1.165, 1.54) is 6.92 Å². The summed E-state index contributed by atoms with van der Waals surface area (Å²) in [7, 11) is -4.01. The van der Waals surface area contributed by atoms with Gasteiger partial charge in [-0.1, -0.05) is 48.0 Å². The van der Waals surface area contributed by atoms with Gasteiger partial charge in [0.1, 0.15) is 6.10 Å². The van der Waals surface area contributed by atoms with E-state index in [2.05, 4.69) is 0 Å². The van der Waals surface area contributed by atoms with Gasteiger partial charge in [-0.2, -0.15) is 8.42 Å². The predicted octanol–water partition coefficient (Wildman–Crippen LogP) is 3.59. The normalized spacial score (nSPS) is 12.9. The number of hydrogen-bond acceptors (Lipinski definition) is 4. The van der Waals surface area contributed by atoms with Crippen LogP contribution in [-0.2, 0) is 14.3 Å². The van der Waals surface area contributed by atoms with Crippen molar-refractivity contribution in [3.8, 4) is 0 Å². The number of hydrogen-bond donors (Lipinski definition) is 0. The first-order chi connectivity index (χ1) is 10.7. The molecule has 0 aromatic heterocycles. The van der Waals surface area contributed by atoms with Crippen LogP contribution in [0.5, 0.6) is 0 Å². The molecule has 0 aliphatic heterocycles. The lowest BCUT2D eigenvalue weighted by Crippen LogP contribution is -2.25. The highest BCUT2D eigenvalue weighted by atomic mass is 32.2. The van der Waals surface area contributed by atoms with Gasteiger partial charge in [-0.25, -0.2) is 0 Å². The molecule has 5 heteroatoms. The molecule has 2 rings (SSSR count). The Hall–Kier alpha value is -1.98. The maximum absolute atomic E-state index is 12.6. The summed E-state index contributed by atoms with van der Waals surface area (Å²) in [5.74, 6) is -0.364. The van der Waals surface area contributed by atoms with Crippen LogP contribution in [0, 0.1) is 20.8 Å². The fraction of sp³-hybridized carbons (Fsp3) is 0.278. The molecule has 0 fully saturated rings. The zero-order valence-corrected chi connectivity index (χ0v) is 14.5. The molecule has 4 nitrogen and oxygen atoms in total. The zero-order chi connectivity index (χ0) is 17.2. The lowest BCUT2D eigenvalue weighted by Gasteiger charge is -2.16. The van der Waals surface area contributed by atoms with Gasteiger partial charge in [-0.15, -0.1) is 0 Å². The van der Waals surface area contributed by atoms with Crippen molar-refractivity contribution in [2.45, 2.75) is 38.7 Å². The summed E-state index contributed by atoms with van der Waals surface area (Å²) in [4.78, 5) is 12.4. The lowest BCUT2D eigenvalue weighted by molar-refractivity contribution is 0.0825. The Bertz CT molecular complexity index is 800. The van der Waals surface area contributed by atoms with E-state index in [1.54, 1.807) is 56.3 Å². The molecule has 0 saturated heterocycles. The van der Waals surface area contributed by atoms with Gasteiger partial charge in [0.15, 0.2) is 5.78 Å². The second-order valence-electron chi connectivity index (χ2n) is 5.65. The molecule has 1 atom stereocenters. The molecule has 122 valence electrons. The monoisotopic (exact) mass is 332 g/mol. The summed E-state index contributed by atoms with van der Waals surface area (Å²) in [5, 5.41) is 0. The van der Waals surface area contributed by atoms with E-state index in [0.717, 1.165) is 5.56 Å². The van der Waals surface area contributed by atoms with Crippen molar-refractivity contribution in [1.29, 1.82) is 0 Å². The Morgan fingerprint density at radius 2 is 1.52 bits per heavy atom. The van der Waals surface area contributed by atoms with Crippen LogP contribution in [0.4, 0.5) is 0 Å². The molecule has 0 N–H and O–H groups in total. The van der Waals surface area contributed by atoms with Gasteiger partial charge in [-0.05, 0) is 38.8 Å². The lowest BCUT2D eigenvalue weighted by atomic mass is 10.1. The first-order valence-electron chi connectivity index (χ1n) is 7.33. The third kappa shape index (κ3) is 3.86. The number of carbonyl (C=O) groups excluding carboxylic acids is 1. The third-order valence-electron chi connectivity index (χ3n) is 3.55. The number of benzene rings is 2. The van der Waals surface area contributed by atoms with E-state index in [-0.39, 0.29) is 10.7 Å². The minimum absolute atomic E-state index is 0.135. The van der Waals surface area contributed by atoms with Gasteiger partial charge in [0.05, 0.1) is 4.90 Å². The molecular weight excluding hydrogens is 312 g/mol. The molecule has 0 amide bonds. The zero-order valence-electron chi connectivity index (χ0n) is 13.7. The number of ketones is 1. The number of carbonyl (C=O) groups is 1. The first kappa shape index (κ1) is 17.4. The topological polar surface area (TPSA) is 60.4 Å². The maximum atomic E-state index is 12.6. The summed E-state index contributed by atoms with van der Waals surface area (Å²) in [5.41, 5.74) is 2.63. The minimum Gasteiger partial charge on any atom is -0.291 e. The second-order valence-corrected chi connectivity index (χ2v) is 7.16. The van der Waals surface area contributed by atoms with Crippen LogP contribution in [-0.4, -0.2) is 20.3 Å². The van der Waals surface area contributed by atoms with Crippen LogP contribution >= 0.6 is 0 Å². The Morgan fingerprint density at radius 3 is 2.04 bits per heavy atom. The van der Waals surface area contributed by atoms with Crippen LogP contribution in [0.15, 0.2) is 47.4 Å². The van der Waals surface area contributed by atoms with Crippen LogP contribution in [0.25, 0.3) is 0 Å². The Balaban J connectivity index is 2.30. The molecular formula is C18H20O4S. The van der Waals surface area contributed by atoms with E-state index in [1.807, 2.05) is 6.92 Å². The van der Waals surface area contributed by atoms with Crippen molar-refractivity contribution in [3.05, 3.63) is 64.7 Å². The Labute approximate surface area is 137 Å². The number of Topliss-reactive ketones (excluding diaryl/α,β-unsaturated/α-hetero) is 1. The Morgan fingerprint density at radius 1 is 1.00 bits per heavy atom. The van der Waals surface area contributed by atoms with Crippen molar-refractivity contribution in [3.63, 3.8) is 0 Å². The fourth-order valence-electron chi connectivity index (χ4n) is 2.68. The summed E-state index contributed by atoms with van der Waals surface area (Å²) in [6.45, 7) is 6.80. The summed E-state index contributed by atoms with van der Waals surface area (Å²) < 4.78 is 30.3. The van der Waals surface area contributed by atoms with E-state index in [9.17, 15) is 13.2 Å². The van der Waals surface area contributed by atoms with Gasteiger partial charge in [0.2, 0.25) is 0 Å². The molecule has 23 heavy (non-hydrogen) atoms. The molecule has 0 aliphatic carbocycles. The van der Waals surface area contributed by atoms with E-state index in [0.29, 0.717) is 16.7 Å². The fourth-order valence-corrected chi connectivity index (χ4v) is 4.15. The average molecular weight is 332 g/mol. The van der Waals surface area contributed by atoms with Gasteiger partial charge in [0.25, 0.3) is 10.1 Å². The third-order valence-corrected chi connectivity index (χ3v) is 5.24. The smallest absolute Gasteiger partial charge is 0.291 e. The molecule has 0 aliphatic rings. The van der Waals surface area contributed by atoms with Crippen LogP contribution < -0.4 is 0 Å². The highest BCUT2D eigenvalue weighted by Gasteiger charge is 2.27. The van der Waals surface area contributed by atoms with E-state index < -0.39 is 16.2 Å². The second kappa shape index (κ2) is 6.64. The summed E-state index contributed by atoms with van der Waals surface area (Å²) in [6.07, 6.45) is -1.08. The molecule has 0 saturated carbocycles. The summed E-state index contributed by atoms with van der Waals surface area (Å²) >= 11 is 0. The van der Waals surface area contributed by atoms with Gasteiger partial charge < -0.3 is 0 Å². The molecule has 0 spiro atoms. The first-order valence-corrected chi connectivity index (χ1v) is 8.73. The van der Waals surface area contributed by atoms with Crippen molar-refractivity contribution < 1.29 is 17.4 Å². The molecule has 0 heterocycles. The average Bonchev–Trinajstić information content (AvgIpc) is 2.45. The maximum Gasteiger partial charge on any atom is 0.298 e. The van der Waals surface area contributed by atoms with Crippen LogP contribution in [0.2, 0.25) is 0 Å². The highest BCUT2D eigenvalue weighted by molar-refractivity contribution is 7.87. The SMILES string of the molecule is Cc1cc(C)c(S(=O)(=O)OC(C)C(=O)c2ccccc2)c(C)c1. The standard InChI is InChI=1S/C18H20O4S/c1-12-10-13(2)18(14(3)11-12)23(20,21)22-15(4)17(19)16-8-6-5-7-9-16/h5-11,15H,1-4H3. The van der Waals surface area contributed by atoms with Crippen molar-refractivity contribution in [2.75, 3.05) is 0 Å². The van der Waals surface area contributed by atoms with Crippen LogP contribution in [0.1, 0.15) is 34.0 Å². The molecule has 0 radical (unpaired) electrons. The van der Waals surface area contributed by atoms with E-state index in [4.69, 9.17) is 4.18 Å². The molecule has 2 aromatic rings. The van der Waals surface area contributed by atoms with Crippen molar-refractivity contribution in [2.24, 2.45) is 0 Å². The van der Waals surface area contributed by atoms with E-state index >= 15 is 0 Å². The largest absolute Gasteiger partial charge is 0.298 e. The quantitative estimate of drug-likeness (QED) is 0.620. The van der Waals surface area contributed by atoms with Gasteiger partial charge in [-0.3, -0.25) is 8.98 Å². The van der Waals surface area contributed by atoms with Gasteiger partial charge in [0, 0.05) is 5.56 Å². The number of rotatable bonds is 5. The highest BCUT2D eigenvalue weighted by Crippen LogP contribution is 2.25. The van der Waals surface area contributed by atoms with Crippen molar-refractivity contribution >= 4 is 15.9 Å². The number of aryl methyl sites for hydroxylation is 3. The Kier molecular flexibility index (Phi) is 5.02. The molecule has 2 aromatic carbocycles. The van der Waals surface area contributed by atoms with Crippen molar-refractivity contribution in [1.82, 2.24) is 0 Å². The summed E-state index contributed by atoms with van der Waals surface area (Å²) in [6, 6.07) is 12.1. The van der Waals surface area contributed by atoms with Gasteiger partial charge >= 0.3 is 0 Å². The molecule has 1 unspecified atom stereocenters. The van der Waals surface area contributed by atoms with Crippen LogP contribution in [0.3, 0.4) is 0 Å².